The van der Waals surface area contributed by atoms with Crippen LogP contribution in [-0.4, -0.2) is 53.7 Å². The molecule has 7 nitrogen and oxygen atoms in total. The first-order chi connectivity index (χ1) is 11.4. The van der Waals surface area contributed by atoms with Crippen molar-refractivity contribution in [2.24, 2.45) is 5.92 Å². The SMILES string of the molecule is COCCNS(=O)(=O)c1ccc(C(=O)NC2CCNCC2C)cc1. The van der Waals surface area contributed by atoms with E-state index in [2.05, 4.69) is 22.3 Å². The van der Waals surface area contributed by atoms with Crippen LogP contribution in [0.15, 0.2) is 29.2 Å². The third kappa shape index (κ3) is 5.01. The van der Waals surface area contributed by atoms with E-state index in [0.29, 0.717) is 18.1 Å². The van der Waals surface area contributed by atoms with Gasteiger partial charge in [0.1, 0.15) is 0 Å². The van der Waals surface area contributed by atoms with Crippen molar-refractivity contribution in [3.8, 4) is 0 Å². The summed E-state index contributed by atoms with van der Waals surface area (Å²) in [6.45, 7) is 4.37. The Labute approximate surface area is 143 Å². The van der Waals surface area contributed by atoms with Crippen molar-refractivity contribution < 1.29 is 17.9 Å². The lowest BCUT2D eigenvalue weighted by atomic mass is 9.95. The van der Waals surface area contributed by atoms with Gasteiger partial charge in [-0.1, -0.05) is 6.92 Å². The van der Waals surface area contributed by atoms with Crippen LogP contribution in [0.1, 0.15) is 23.7 Å². The molecule has 0 bridgehead atoms. The summed E-state index contributed by atoms with van der Waals surface area (Å²) >= 11 is 0. The second-order valence-electron chi connectivity index (χ2n) is 5.96. The first-order valence-electron chi connectivity index (χ1n) is 8.04. The molecular weight excluding hydrogens is 330 g/mol. The maximum absolute atomic E-state index is 12.3. The van der Waals surface area contributed by atoms with Crippen LogP contribution in [0.5, 0.6) is 0 Å². The molecule has 1 aromatic carbocycles. The molecule has 1 aromatic rings. The van der Waals surface area contributed by atoms with E-state index in [1.54, 1.807) is 0 Å². The van der Waals surface area contributed by atoms with Crippen LogP contribution in [0, 0.1) is 5.92 Å². The van der Waals surface area contributed by atoms with Crippen molar-refractivity contribution in [3.05, 3.63) is 29.8 Å². The zero-order valence-corrected chi connectivity index (χ0v) is 14.9. The van der Waals surface area contributed by atoms with E-state index in [4.69, 9.17) is 4.74 Å². The van der Waals surface area contributed by atoms with E-state index in [9.17, 15) is 13.2 Å². The lowest BCUT2D eigenvalue weighted by Gasteiger charge is -2.30. The van der Waals surface area contributed by atoms with E-state index in [0.717, 1.165) is 19.5 Å². The molecule has 1 fully saturated rings. The Morgan fingerprint density at radius 2 is 2.04 bits per heavy atom. The zero-order valence-electron chi connectivity index (χ0n) is 14.0. The van der Waals surface area contributed by atoms with Gasteiger partial charge in [-0.05, 0) is 49.7 Å². The third-order valence-corrected chi connectivity index (χ3v) is 5.60. The maximum Gasteiger partial charge on any atom is 0.251 e. The number of hydrogen-bond acceptors (Lipinski definition) is 5. The highest BCUT2D eigenvalue weighted by molar-refractivity contribution is 7.89. The molecule has 8 heteroatoms. The van der Waals surface area contributed by atoms with Crippen LogP contribution in [0.3, 0.4) is 0 Å². The van der Waals surface area contributed by atoms with Gasteiger partial charge >= 0.3 is 0 Å². The normalized spacial score (nSPS) is 21.4. The summed E-state index contributed by atoms with van der Waals surface area (Å²) in [5.74, 6) is 0.192. The molecule has 134 valence electrons. The van der Waals surface area contributed by atoms with Crippen LogP contribution in [0.2, 0.25) is 0 Å². The summed E-state index contributed by atoms with van der Waals surface area (Å²) in [6, 6.07) is 6.09. The van der Waals surface area contributed by atoms with Crippen molar-refractivity contribution in [2.75, 3.05) is 33.4 Å². The van der Waals surface area contributed by atoms with Crippen molar-refractivity contribution in [1.29, 1.82) is 0 Å². The highest BCUT2D eigenvalue weighted by atomic mass is 32.2. The minimum Gasteiger partial charge on any atom is -0.383 e. The highest BCUT2D eigenvalue weighted by Gasteiger charge is 2.23. The number of benzene rings is 1. The van der Waals surface area contributed by atoms with E-state index in [1.807, 2.05) is 0 Å². The molecule has 0 saturated carbocycles. The molecule has 0 aliphatic carbocycles. The van der Waals surface area contributed by atoms with Crippen LogP contribution < -0.4 is 15.4 Å². The number of carbonyl (C=O) groups is 1. The van der Waals surface area contributed by atoms with Crippen LogP contribution in [0.4, 0.5) is 0 Å². The molecular formula is C16H25N3O4S. The maximum atomic E-state index is 12.3. The van der Waals surface area contributed by atoms with Gasteiger partial charge in [0.2, 0.25) is 10.0 Å². The van der Waals surface area contributed by atoms with Gasteiger partial charge in [0.15, 0.2) is 0 Å². The largest absolute Gasteiger partial charge is 0.383 e. The predicted molar refractivity (Wildman–Crippen MR) is 91.4 cm³/mol. The molecule has 0 radical (unpaired) electrons. The fourth-order valence-electron chi connectivity index (χ4n) is 2.63. The van der Waals surface area contributed by atoms with Crippen LogP contribution in [0.25, 0.3) is 0 Å². The topological polar surface area (TPSA) is 96.5 Å². The summed E-state index contributed by atoms with van der Waals surface area (Å²) in [6.07, 6.45) is 0.892. The van der Waals surface area contributed by atoms with Crippen LogP contribution in [-0.2, 0) is 14.8 Å². The standard InChI is InChI=1S/C16H25N3O4S/c1-12-11-17-8-7-15(12)19-16(20)13-3-5-14(6-4-13)24(21,22)18-9-10-23-2/h3-6,12,15,17-18H,7-11H2,1-2H3,(H,19,20). The van der Waals surface area contributed by atoms with Gasteiger partial charge in [-0.25, -0.2) is 13.1 Å². The molecule has 1 saturated heterocycles. The third-order valence-electron chi connectivity index (χ3n) is 4.13. The van der Waals surface area contributed by atoms with E-state index >= 15 is 0 Å². The fourth-order valence-corrected chi connectivity index (χ4v) is 3.64. The Bertz CT molecular complexity index is 646. The number of carbonyl (C=O) groups excluding carboxylic acids is 1. The minimum atomic E-state index is -3.58. The van der Waals surface area contributed by atoms with Crippen LogP contribution >= 0.6 is 0 Å². The number of rotatable bonds is 7. The second-order valence-corrected chi connectivity index (χ2v) is 7.73. The summed E-state index contributed by atoms with van der Waals surface area (Å²) in [4.78, 5) is 12.4. The number of nitrogens with one attached hydrogen (secondary N) is 3. The number of ether oxygens (including phenoxy) is 1. The zero-order chi connectivity index (χ0) is 17.6. The van der Waals surface area contributed by atoms with Gasteiger partial charge in [-0.15, -0.1) is 0 Å². The molecule has 3 N–H and O–H groups in total. The number of hydrogen-bond donors (Lipinski definition) is 3. The smallest absolute Gasteiger partial charge is 0.251 e. The average Bonchev–Trinajstić information content (AvgIpc) is 2.57. The number of piperidine rings is 1. The molecule has 1 aliphatic rings. The van der Waals surface area contributed by atoms with Crippen molar-refractivity contribution in [1.82, 2.24) is 15.4 Å². The minimum absolute atomic E-state index is 0.130. The fraction of sp³-hybridized carbons (Fsp3) is 0.562. The quantitative estimate of drug-likeness (QED) is 0.613. The lowest BCUT2D eigenvalue weighted by Crippen LogP contribution is -2.48. The second kappa shape index (κ2) is 8.57. The Kier molecular flexibility index (Phi) is 6.73. The molecule has 0 aromatic heterocycles. The van der Waals surface area contributed by atoms with E-state index in [-0.39, 0.29) is 23.4 Å². The van der Waals surface area contributed by atoms with Gasteiger partial charge < -0.3 is 15.4 Å². The van der Waals surface area contributed by atoms with E-state index < -0.39 is 10.0 Å². The molecule has 0 spiro atoms. The first-order valence-corrected chi connectivity index (χ1v) is 9.52. The highest BCUT2D eigenvalue weighted by Crippen LogP contribution is 2.13. The number of amides is 1. The average molecular weight is 355 g/mol. The Hall–Kier alpha value is -1.48. The summed E-state index contributed by atoms with van der Waals surface area (Å²) in [5.41, 5.74) is 0.455. The van der Waals surface area contributed by atoms with Gasteiger partial charge in [-0.2, -0.15) is 0 Å². The van der Waals surface area contributed by atoms with Crippen molar-refractivity contribution in [2.45, 2.75) is 24.3 Å². The lowest BCUT2D eigenvalue weighted by molar-refractivity contribution is 0.0914. The molecule has 1 aliphatic heterocycles. The predicted octanol–water partition coefficient (Wildman–Crippen LogP) is 0.339. The number of sulfonamides is 1. The summed E-state index contributed by atoms with van der Waals surface area (Å²) < 4.78 is 31.4. The van der Waals surface area contributed by atoms with Gasteiger partial charge in [0.05, 0.1) is 11.5 Å². The van der Waals surface area contributed by atoms with Gasteiger partial charge in [0.25, 0.3) is 5.91 Å². The van der Waals surface area contributed by atoms with E-state index in [1.165, 1.54) is 31.4 Å². The summed E-state index contributed by atoms with van der Waals surface area (Å²) in [5, 5.41) is 6.31. The molecule has 2 unspecified atom stereocenters. The summed E-state index contributed by atoms with van der Waals surface area (Å²) in [7, 11) is -2.08. The Morgan fingerprint density at radius 3 is 2.67 bits per heavy atom. The Morgan fingerprint density at radius 1 is 1.33 bits per heavy atom. The monoisotopic (exact) mass is 355 g/mol. The Balaban J connectivity index is 1.99. The molecule has 24 heavy (non-hydrogen) atoms. The van der Waals surface area contributed by atoms with Gasteiger partial charge in [-0.3, -0.25) is 4.79 Å². The number of methoxy groups -OCH3 is 1. The first kappa shape index (κ1) is 18.9. The van der Waals surface area contributed by atoms with Crippen molar-refractivity contribution >= 4 is 15.9 Å². The molecule has 1 heterocycles. The molecule has 1 amide bonds. The van der Waals surface area contributed by atoms with Gasteiger partial charge in [0, 0.05) is 25.3 Å². The van der Waals surface area contributed by atoms with Crippen molar-refractivity contribution in [3.63, 3.8) is 0 Å². The molecule has 2 atom stereocenters. The molecule has 2 rings (SSSR count).